The van der Waals surface area contributed by atoms with E-state index in [1.54, 1.807) is 4.90 Å². The molecule has 3 amide bonds. The van der Waals surface area contributed by atoms with Crippen LogP contribution >= 0.6 is 11.3 Å². The van der Waals surface area contributed by atoms with Crippen molar-refractivity contribution in [2.75, 3.05) is 23.8 Å². The Morgan fingerprint density at radius 2 is 2.11 bits per heavy atom. The van der Waals surface area contributed by atoms with Crippen LogP contribution in [0.25, 0.3) is 0 Å². The molecule has 2 heterocycles. The number of carbonyl (C=O) groups is 2. The highest BCUT2D eigenvalue weighted by atomic mass is 32.1. The number of nitrogens with one attached hydrogen (secondary N) is 2. The topological polar surface area (TPSA) is 83.6 Å². The van der Waals surface area contributed by atoms with Gasteiger partial charge in [-0.2, -0.15) is 0 Å². The molecule has 0 spiro atoms. The number of rotatable bonds is 5. The van der Waals surface area contributed by atoms with Crippen LogP contribution in [0, 0.1) is 5.92 Å². The van der Waals surface area contributed by atoms with Crippen LogP contribution in [0.1, 0.15) is 36.8 Å². The first-order valence-corrected chi connectivity index (χ1v) is 10.5. The van der Waals surface area contributed by atoms with E-state index in [9.17, 15) is 9.59 Å². The normalized spacial score (nSPS) is 16.1. The number of urea groups is 1. The molecule has 0 atom stereocenters. The molecule has 1 aromatic carbocycles. The average molecular weight is 401 g/mol. The number of carbonyl (C=O) groups excluding carboxylic acids is 2. The van der Waals surface area contributed by atoms with Crippen molar-refractivity contribution in [3.05, 3.63) is 34.8 Å². The van der Waals surface area contributed by atoms with Crippen molar-refractivity contribution >= 4 is 34.1 Å². The zero-order valence-corrected chi connectivity index (χ0v) is 16.7. The number of para-hydroxylation sites is 2. The number of aromatic nitrogens is 1. The van der Waals surface area contributed by atoms with Gasteiger partial charge in [-0.3, -0.25) is 4.79 Å². The summed E-state index contributed by atoms with van der Waals surface area (Å²) >= 11 is 1.46. The Bertz CT molecular complexity index is 878. The van der Waals surface area contributed by atoms with Crippen molar-refractivity contribution in [1.29, 1.82) is 0 Å². The SMILES string of the molecule is CCOc1ccccc1NC(=O)N1CCc2nc(NC(=O)C3CCC3)sc2C1. The Hall–Kier alpha value is -2.61. The van der Waals surface area contributed by atoms with Crippen LogP contribution in [0.4, 0.5) is 15.6 Å². The molecule has 0 radical (unpaired) electrons. The molecule has 2 aromatic rings. The van der Waals surface area contributed by atoms with Gasteiger partial charge in [-0.15, -0.1) is 0 Å². The molecular formula is C20H24N4O3S. The van der Waals surface area contributed by atoms with Gasteiger partial charge in [0.2, 0.25) is 5.91 Å². The quantitative estimate of drug-likeness (QED) is 0.798. The monoisotopic (exact) mass is 400 g/mol. The van der Waals surface area contributed by atoms with Crippen LogP contribution in [0.3, 0.4) is 0 Å². The van der Waals surface area contributed by atoms with Gasteiger partial charge in [0.25, 0.3) is 0 Å². The second kappa shape index (κ2) is 8.18. The highest BCUT2D eigenvalue weighted by Crippen LogP contribution is 2.32. The third kappa shape index (κ3) is 3.96. The van der Waals surface area contributed by atoms with Gasteiger partial charge >= 0.3 is 6.03 Å². The van der Waals surface area contributed by atoms with Crippen LogP contribution in [0.5, 0.6) is 5.75 Å². The van der Waals surface area contributed by atoms with Crippen molar-refractivity contribution in [2.45, 2.75) is 39.2 Å². The first-order chi connectivity index (χ1) is 13.6. The first kappa shape index (κ1) is 18.7. The molecule has 1 aliphatic heterocycles. The standard InChI is InChI=1S/C20H24N4O3S/c1-2-27-16-9-4-3-8-14(16)22-20(26)24-11-10-15-17(12-24)28-19(21-15)23-18(25)13-6-5-7-13/h3-4,8-9,13H,2,5-7,10-12H2,1H3,(H,22,26)(H,21,23,25). The van der Waals surface area contributed by atoms with E-state index < -0.39 is 0 Å². The zero-order chi connectivity index (χ0) is 19.5. The second-order valence-corrected chi connectivity index (χ2v) is 8.12. The number of hydrogen-bond acceptors (Lipinski definition) is 5. The summed E-state index contributed by atoms with van der Waals surface area (Å²) in [7, 11) is 0. The number of amides is 3. The van der Waals surface area contributed by atoms with Crippen molar-refractivity contribution in [3.8, 4) is 5.75 Å². The molecular weight excluding hydrogens is 376 g/mol. The molecule has 28 heavy (non-hydrogen) atoms. The first-order valence-electron chi connectivity index (χ1n) is 9.71. The largest absolute Gasteiger partial charge is 0.492 e. The Labute approximate surface area is 168 Å². The van der Waals surface area contributed by atoms with Gasteiger partial charge in [0.05, 0.1) is 24.5 Å². The zero-order valence-electron chi connectivity index (χ0n) is 15.9. The highest BCUT2D eigenvalue weighted by Gasteiger charge is 2.28. The smallest absolute Gasteiger partial charge is 0.322 e. The summed E-state index contributed by atoms with van der Waals surface area (Å²) in [6.07, 6.45) is 3.75. The van der Waals surface area contributed by atoms with E-state index in [1.165, 1.54) is 11.3 Å². The summed E-state index contributed by atoms with van der Waals surface area (Å²) in [6, 6.07) is 7.26. The molecule has 0 bridgehead atoms. The second-order valence-electron chi connectivity index (χ2n) is 7.04. The van der Waals surface area contributed by atoms with Gasteiger partial charge < -0.3 is 20.3 Å². The average Bonchev–Trinajstić information content (AvgIpc) is 3.03. The number of hydrogen-bond donors (Lipinski definition) is 2. The number of ether oxygens (including phenoxy) is 1. The summed E-state index contributed by atoms with van der Waals surface area (Å²) in [5, 5.41) is 6.53. The summed E-state index contributed by atoms with van der Waals surface area (Å²) in [6.45, 7) is 3.54. The van der Waals surface area contributed by atoms with Gasteiger partial charge in [0, 0.05) is 23.8 Å². The highest BCUT2D eigenvalue weighted by molar-refractivity contribution is 7.15. The van der Waals surface area contributed by atoms with E-state index in [0.29, 0.717) is 42.7 Å². The molecule has 1 fully saturated rings. The Balaban J connectivity index is 1.39. The van der Waals surface area contributed by atoms with Crippen LogP contribution in [-0.2, 0) is 17.8 Å². The summed E-state index contributed by atoms with van der Waals surface area (Å²) in [5.74, 6) is 0.864. The van der Waals surface area contributed by atoms with Gasteiger partial charge in [0.15, 0.2) is 5.13 Å². The lowest BCUT2D eigenvalue weighted by Crippen LogP contribution is -2.38. The predicted octanol–water partition coefficient (Wildman–Crippen LogP) is 3.87. The Morgan fingerprint density at radius 3 is 2.86 bits per heavy atom. The number of anilines is 2. The lowest BCUT2D eigenvalue weighted by atomic mass is 9.85. The number of thiazole rings is 1. The van der Waals surface area contributed by atoms with Crippen LogP contribution in [0.15, 0.2) is 24.3 Å². The molecule has 7 nitrogen and oxygen atoms in total. The number of nitrogens with zero attached hydrogens (tertiary/aromatic N) is 2. The molecule has 1 saturated carbocycles. The molecule has 1 aromatic heterocycles. The molecule has 8 heteroatoms. The van der Waals surface area contributed by atoms with E-state index in [-0.39, 0.29) is 17.9 Å². The van der Waals surface area contributed by atoms with Gasteiger partial charge in [-0.25, -0.2) is 9.78 Å². The fourth-order valence-corrected chi connectivity index (χ4v) is 4.37. The van der Waals surface area contributed by atoms with E-state index in [2.05, 4.69) is 15.6 Å². The van der Waals surface area contributed by atoms with Crippen molar-refractivity contribution in [2.24, 2.45) is 5.92 Å². The molecule has 1 aliphatic carbocycles. The fraction of sp³-hybridized carbons (Fsp3) is 0.450. The van der Waals surface area contributed by atoms with Gasteiger partial charge in [0.1, 0.15) is 5.75 Å². The lowest BCUT2D eigenvalue weighted by Gasteiger charge is -2.26. The van der Waals surface area contributed by atoms with E-state index in [1.807, 2.05) is 31.2 Å². The summed E-state index contributed by atoms with van der Waals surface area (Å²) in [4.78, 5) is 32.2. The lowest BCUT2D eigenvalue weighted by molar-refractivity contribution is -0.122. The van der Waals surface area contributed by atoms with E-state index in [4.69, 9.17) is 4.74 Å². The summed E-state index contributed by atoms with van der Waals surface area (Å²) in [5.41, 5.74) is 1.64. The molecule has 0 unspecified atom stereocenters. The predicted molar refractivity (Wildman–Crippen MR) is 109 cm³/mol. The maximum Gasteiger partial charge on any atom is 0.322 e. The Kier molecular flexibility index (Phi) is 5.47. The molecule has 4 rings (SSSR count). The maximum absolute atomic E-state index is 12.7. The Morgan fingerprint density at radius 1 is 1.29 bits per heavy atom. The molecule has 2 N–H and O–H groups in total. The minimum atomic E-state index is -0.161. The van der Waals surface area contributed by atoms with E-state index in [0.717, 1.165) is 29.8 Å². The van der Waals surface area contributed by atoms with Crippen LogP contribution < -0.4 is 15.4 Å². The van der Waals surface area contributed by atoms with Crippen molar-refractivity contribution in [3.63, 3.8) is 0 Å². The molecule has 148 valence electrons. The van der Waals surface area contributed by atoms with Gasteiger partial charge in [-0.05, 0) is 31.9 Å². The van der Waals surface area contributed by atoms with Crippen molar-refractivity contribution in [1.82, 2.24) is 9.88 Å². The molecule has 2 aliphatic rings. The molecule has 0 saturated heterocycles. The number of benzene rings is 1. The van der Waals surface area contributed by atoms with Crippen LogP contribution in [0.2, 0.25) is 0 Å². The third-order valence-electron chi connectivity index (χ3n) is 5.15. The van der Waals surface area contributed by atoms with Crippen molar-refractivity contribution < 1.29 is 14.3 Å². The maximum atomic E-state index is 12.7. The fourth-order valence-electron chi connectivity index (χ4n) is 3.35. The minimum Gasteiger partial charge on any atom is -0.492 e. The van der Waals surface area contributed by atoms with E-state index >= 15 is 0 Å². The minimum absolute atomic E-state index is 0.0690. The van der Waals surface area contributed by atoms with Crippen LogP contribution in [-0.4, -0.2) is 35.0 Å². The number of fused-ring (bicyclic) bond motifs is 1. The van der Waals surface area contributed by atoms with Gasteiger partial charge in [-0.1, -0.05) is 29.9 Å². The third-order valence-corrected chi connectivity index (χ3v) is 6.15. The summed E-state index contributed by atoms with van der Waals surface area (Å²) < 4.78 is 5.57.